The van der Waals surface area contributed by atoms with Gasteiger partial charge in [0, 0.05) is 17.3 Å². The van der Waals surface area contributed by atoms with Crippen LogP contribution >= 0.6 is 0 Å². The molecule has 3 heteroatoms. The van der Waals surface area contributed by atoms with Crippen molar-refractivity contribution in [2.75, 3.05) is 7.11 Å². The van der Waals surface area contributed by atoms with Crippen LogP contribution in [-0.4, -0.2) is 17.6 Å². The van der Waals surface area contributed by atoms with Crippen molar-refractivity contribution in [1.29, 1.82) is 0 Å². The second-order valence-electron chi connectivity index (χ2n) is 4.16. The number of nitrogens with zero attached hydrogens (tertiary/aromatic N) is 1. The van der Waals surface area contributed by atoms with Crippen molar-refractivity contribution in [3.8, 4) is 5.88 Å². The largest absolute Gasteiger partial charge is 0.481 e. The third kappa shape index (κ3) is 3.75. The van der Waals surface area contributed by atoms with Crippen LogP contribution in [0, 0.1) is 0 Å². The fraction of sp³-hybridized carbons (Fsp3) is 0.545. The van der Waals surface area contributed by atoms with E-state index in [9.17, 15) is 0 Å². The van der Waals surface area contributed by atoms with E-state index in [2.05, 4.69) is 4.98 Å². The van der Waals surface area contributed by atoms with Crippen molar-refractivity contribution in [3.05, 3.63) is 23.9 Å². The lowest BCUT2D eigenvalue weighted by Crippen LogP contribution is -2.32. The molecular weight excluding hydrogens is 176 g/mol. The second kappa shape index (κ2) is 4.42. The van der Waals surface area contributed by atoms with Gasteiger partial charge in [0.1, 0.15) is 0 Å². The first-order chi connectivity index (χ1) is 6.51. The normalized spacial score (nSPS) is 11.4. The average Bonchev–Trinajstić information content (AvgIpc) is 2.14. The lowest BCUT2D eigenvalue weighted by Gasteiger charge is -2.17. The van der Waals surface area contributed by atoms with Crippen LogP contribution in [0.4, 0.5) is 0 Å². The second-order valence-corrected chi connectivity index (χ2v) is 4.16. The minimum Gasteiger partial charge on any atom is -0.481 e. The molecule has 0 saturated carbocycles. The Hall–Kier alpha value is -1.09. The molecule has 0 aliphatic heterocycles. The summed E-state index contributed by atoms with van der Waals surface area (Å²) in [4.78, 5) is 4.32. The van der Waals surface area contributed by atoms with E-state index in [1.54, 1.807) is 7.11 Å². The molecule has 1 rings (SSSR count). The fourth-order valence-electron chi connectivity index (χ4n) is 1.16. The smallest absolute Gasteiger partial charge is 0.213 e. The Kier molecular flexibility index (Phi) is 3.47. The van der Waals surface area contributed by atoms with E-state index in [4.69, 9.17) is 10.5 Å². The molecule has 3 nitrogen and oxygen atoms in total. The molecule has 1 aromatic rings. The van der Waals surface area contributed by atoms with Crippen molar-refractivity contribution in [3.63, 3.8) is 0 Å². The van der Waals surface area contributed by atoms with Crippen LogP contribution in [0.15, 0.2) is 18.2 Å². The van der Waals surface area contributed by atoms with E-state index < -0.39 is 0 Å². The lowest BCUT2D eigenvalue weighted by atomic mass is 9.99. The molecule has 0 amide bonds. The number of pyridine rings is 1. The third-order valence-electron chi connectivity index (χ3n) is 2.02. The first kappa shape index (κ1) is 11.0. The van der Waals surface area contributed by atoms with Crippen LogP contribution in [0.25, 0.3) is 0 Å². The Bertz CT molecular complexity index is 292. The van der Waals surface area contributed by atoms with E-state index >= 15 is 0 Å². The van der Waals surface area contributed by atoms with Gasteiger partial charge in [0.2, 0.25) is 5.88 Å². The molecule has 1 heterocycles. The summed E-state index contributed by atoms with van der Waals surface area (Å²) < 4.78 is 5.04. The van der Waals surface area contributed by atoms with E-state index in [1.807, 2.05) is 32.0 Å². The van der Waals surface area contributed by atoms with Gasteiger partial charge in [-0.1, -0.05) is 6.07 Å². The van der Waals surface area contributed by atoms with Gasteiger partial charge < -0.3 is 10.5 Å². The van der Waals surface area contributed by atoms with Gasteiger partial charge in [-0.2, -0.15) is 0 Å². The predicted octanol–water partition coefficient (Wildman–Crippen LogP) is 1.76. The lowest BCUT2D eigenvalue weighted by molar-refractivity contribution is 0.394. The van der Waals surface area contributed by atoms with Gasteiger partial charge in [0.25, 0.3) is 0 Å². The van der Waals surface area contributed by atoms with Crippen LogP contribution in [0.3, 0.4) is 0 Å². The zero-order chi connectivity index (χ0) is 10.6. The quantitative estimate of drug-likeness (QED) is 0.794. The Balaban J connectivity index is 2.59. The highest BCUT2D eigenvalue weighted by atomic mass is 16.5. The summed E-state index contributed by atoms with van der Waals surface area (Å²) in [6.45, 7) is 4.04. The maximum atomic E-state index is 5.89. The maximum absolute atomic E-state index is 5.89. The number of ether oxygens (including phenoxy) is 1. The summed E-state index contributed by atoms with van der Waals surface area (Å²) in [5.74, 6) is 0.664. The number of methoxy groups -OCH3 is 1. The Labute approximate surface area is 85.3 Å². The van der Waals surface area contributed by atoms with Crippen molar-refractivity contribution in [2.45, 2.75) is 32.2 Å². The van der Waals surface area contributed by atoms with Crippen LogP contribution in [-0.2, 0) is 6.42 Å². The SMILES string of the molecule is COc1cccc(CCC(C)(C)N)n1. The van der Waals surface area contributed by atoms with E-state index in [0.717, 1.165) is 18.5 Å². The molecule has 0 atom stereocenters. The van der Waals surface area contributed by atoms with Gasteiger partial charge >= 0.3 is 0 Å². The summed E-state index contributed by atoms with van der Waals surface area (Å²) in [6, 6.07) is 5.79. The molecule has 0 saturated heterocycles. The van der Waals surface area contributed by atoms with Gasteiger partial charge in [-0.15, -0.1) is 0 Å². The topological polar surface area (TPSA) is 48.1 Å². The average molecular weight is 194 g/mol. The first-order valence-corrected chi connectivity index (χ1v) is 4.80. The highest BCUT2D eigenvalue weighted by Crippen LogP contribution is 2.12. The van der Waals surface area contributed by atoms with Gasteiger partial charge in [0.15, 0.2) is 0 Å². The molecule has 0 aliphatic rings. The van der Waals surface area contributed by atoms with Crippen LogP contribution < -0.4 is 10.5 Å². The van der Waals surface area contributed by atoms with Crippen molar-refractivity contribution < 1.29 is 4.74 Å². The molecule has 2 N–H and O–H groups in total. The van der Waals surface area contributed by atoms with Crippen LogP contribution in [0.1, 0.15) is 26.0 Å². The van der Waals surface area contributed by atoms with Crippen molar-refractivity contribution >= 4 is 0 Å². The minimum atomic E-state index is -0.134. The summed E-state index contributed by atoms with van der Waals surface area (Å²) in [6.07, 6.45) is 1.81. The summed E-state index contributed by atoms with van der Waals surface area (Å²) in [5.41, 5.74) is 6.79. The molecule has 0 aliphatic carbocycles. The molecule has 0 aromatic carbocycles. The number of hydrogen-bond acceptors (Lipinski definition) is 3. The number of aromatic nitrogens is 1. The predicted molar refractivity (Wildman–Crippen MR) is 57.4 cm³/mol. The number of nitrogens with two attached hydrogens (primary N) is 1. The highest BCUT2D eigenvalue weighted by Gasteiger charge is 2.10. The van der Waals surface area contributed by atoms with Crippen molar-refractivity contribution in [2.24, 2.45) is 5.73 Å². The number of rotatable bonds is 4. The molecule has 0 radical (unpaired) electrons. The highest BCUT2D eigenvalue weighted by molar-refractivity contribution is 5.15. The van der Waals surface area contributed by atoms with Gasteiger partial charge in [-0.25, -0.2) is 4.98 Å². The Morgan fingerprint density at radius 2 is 2.14 bits per heavy atom. The Morgan fingerprint density at radius 1 is 1.43 bits per heavy atom. The maximum Gasteiger partial charge on any atom is 0.213 e. The summed E-state index contributed by atoms with van der Waals surface area (Å²) >= 11 is 0. The Morgan fingerprint density at radius 3 is 2.71 bits per heavy atom. The van der Waals surface area contributed by atoms with Gasteiger partial charge in [0.05, 0.1) is 7.11 Å². The molecular formula is C11H18N2O. The molecule has 1 aromatic heterocycles. The molecule has 78 valence electrons. The zero-order valence-electron chi connectivity index (χ0n) is 9.08. The first-order valence-electron chi connectivity index (χ1n) is 4.80. The molecule has 0 fully saturated rings. The zero-order valence-corrected chi connectivity index (χ0v) is 9.08. The number of hydrogen-bond donors (Lipinski definition) is 1. The van der Waals surface area contributed by atoms with E-state index in [1.165, 1.54) is 0 Å². The molecule has 0 bridgehead atoms. The summed E-state index contributed by atoms with van der Waals surface area (Å²) in [5, 5.41) is 0. The molecule has 14 heavy (non-hydrogen) atoms. The van der Waals surface area contributed by atoms with Gasteiger partial charge in [-0.05, 0) is 32.8 Å². The minimum absolute atomic E-state index is 0.134. The third-order valence-corrected chi connectivity index (χ3v) is 2.02. The van der Waals surface area contributed by atoms with Crippen molar-refractivity contribution in [1.82, 2.24) is 4.98 Å². The molecule has 0 unspecified atom stereocenters. The van der Waals surface area contributed by atoms with E-state index in [0.29, 0.717) is 5.88 Å². The van der Waals surface area contributed by atoms with Crippen LogP contribution in [0.2, 0.25) is 0 Å². The fourth-order valence-corrected chi connectivity index (χ4v) is 1.16. The monoisotopic (exact) mass is 194 g/mol. The van der Waals surface area contributed by atoms with Gasteiger partial charge in [-0.3, -0.25) is 0 Å². The molecule has 0 spiro atoms. The summed E-state index contributed by atoms with van der Waals surface area (Å²) in [7, 11) is 1.62. The van der Waals surface area contributed by atoms with E-state index in [-0.39, 0.29) is 5.54 Å². The standard InChI is InChI=1S/C11H18N2O/c1-11(2,12)8-7-9-5-4-6-10(13-9)14-3/h4-6H,7-8,12H2,1-3H3. The number of aryl methyl sites for hydroxylation is 1. The van der Waals surface area contributed by atoms with Crippen LogP contribution in [0.5, 0.6) is 5.88 Å².